The maximum Gasteiger partial charge on any atom is 0.222 e. The summed E-state index contributed by atoms with van der Waals surface area (Å²) < 4.78 is 5.09. The van der Waals surface area contributed by atoms with Gasteiger partial charge in [-0.3, -0.25) is 4.79 Å². The lowest BCUT2D eigenvalue weighted by Gasteiger charge is -2.23. The quantitative estimate of drug-likeness (QED) is 0.239. The average Bonchev–Trinajstić information content (AvgIpc) is 2.83. The predicted octanol–water partition coefficient (Wildman–Crippen LogP) is 6.85. The molecule has 0 fully saturated rings. The van der Waals surface area contributed by atoms with Gasteiger partial charge in [0, 0.05) is 33.2 Å². The molecule has 3 nitrogen and oxygen atoms in total. The second-order valence-corrected chi connectivity index (χ2v) is 8.78. The molecule has 0 radical (unpaired) electrons. The second kappa shape index (κ2) is 17.4. The number of hydrogen-bond donors (Lipinski definition) is 0. The summed E-state index contributed by atoms with van der Waals surface area (Å²) in [6, 6.07) is 21.0. The molecule has 0 unspecified atom stereocenters. The van der Waals surface area contributed by atoms with E-state index in [0.29, 0.717) is 12.3 Å². The molecule has 2 rings (SSSR count). The second-order valence-electron chi connectivity index (χ2n) is 8.78. The smallest absolute Gasteiger partial charge is 0.222 e. The lowest BCUT2D eigenvalue weighted by Crippen LogP contribution is -2.34. The van der Waals surface area contributed by atoms with Crippen molar-refractivity contribution in [3.8, 4) is 0 Å². The van der Waals surface area contributed by atoms with E-state index in [0.717, 1.165) is 39.0 Å². The zero-order valence-corrected chi connectivity index (χ0v) is 20.1. The standard InChI is InChI=1S/C29H43NO2/c1-32-26-16-8-6-4-2-3-5-7-15-21-29(31)30(24-22-27-17-11-9-12-18-27)25-23-28-19-13-10-14-20-28/h9-14,17-20H,2-8,15-16,21-26H2,1H3. The maximum absolute atomic E-state index is 13.0. The summed E-state index contributed by atoms with van der Waals surface area (Å²) in [5, 5.41) is 0. The highest BCUT2D eigenvalue weighted by atomic mass is 16.5. The van der Waals surface area contributed by atoms with E-state index in [2.05, 4.69) is 53.4 Å². The highest BCUT2D eigenvalue weighted by Gasteiger charge is 2.13. The number of carbonyl (C=O) groups is 1. The molecule has 2 aromatic carbocycles. The fourth-order valence-corrected chi connectivity index (χ4v) is 4.10. The molecule has 0 aliphatic carbocycles. The van der Waals surface area contributed by atoms with E-state index < -0.39 is 0 Å². The third-order valence-electron chi connectivity index (χ3n) is 6.12. The van der Waals surface area contributed by atoms with Crippen molar-refractivity contribution in [2.24, 2.45) is 0 Å². The summed E-state index contributed by atoms with van der Waals surface area (Å²) in [5.74, 6) is 0.315. The molecule has 0 N–H and O–H groups in total. The molecular weight excluding hydrogens is 394 g/mol. The predicted molar refractivity (Wildman–Crippen MR) is 135 cm³/mol. The van der Waals surface area contributed by atoms with Crippen LogP contribution in [0.4, 0.5) is 0 Å². The van der Waals surface area contributed by atoms with E-state index in [1.807, 2.05) is 12.1 Å². The summed E-state index contributed by atoms with van der Waals surface area (Å²) in [5.41, 5.74) is 2.60. The summed E-state index contributed by atoms with van der Waals surface area (Å²) in [6.45, 7) is 2.50. The Morgan fingerprint density at radius 1 is 0.656 bits per heavy atom. The molecule has 0 atom stereocenters. The first-order valence-corrected chi connectivity index (χ1v) is 12.6. The number of methoxy groups -OCH3 is 1. The van der Waals surface area contributed by atoms with Crippen molar-refractivity contribution in [1.29, 1.82) is 0 Å². The molecule has 32 heavy (non-hydrogen) atoms. The molecule has 0 saturated heterocycles. The Kier molecular flexibility index (Phi) is 14.2. The average molecular weight is 438 g/mol. The van der Waals surface area contributed by atoms with Crippen LogP contribution in [0.15, 0.2) is 60.7 Å². The van der Waals surface area contributed by atoms with Crippen LogP contribution in [-0.4, -0.2) is 37.6 Å². The van der Waals surface area contributed by atoms with Gasteiger partial charge in [0.1, 0.15) is 0 Å². The number of nitrogens with zero attached hydrogens (tertiary/aromatic N) is 1. The Morgan fingerprint density at radius 3 is 1.56 bits per heavy atom. The summed E-state index contributed by atoms with van der Waals surface area (Å²) >= 11 is 0. The van der Waals surface area contributed by atoms with Crippen molar-refractivity contribution in [3.05, 3.63) is 71.8 Å². The van der Waals surface area contributed by atoms with Crippen LogP contribution in [0.2, 0.25) is 0 Å². The number of rotatable bonds is 18. The topological polar surface area (TPSA) is 29.5 Å². The zero-order chi connectivity index (χ0) is 22.7. The van der Waals surface area contributed by atoms with E-state index >= 15 is 0 Å². The van der Waals surface area contributed by atoms with Crippen LogP contribution in [0.5, 0.6) is 0 Å². The van der Waals surface area contributed by atoms with Crippen molar-refractivity contribution in [1.82, 2.24) is 4.90 Å². The van der Waals surface area contributed by atoms with Crippen molar-refractivity contribution < 1.29 is 9.53 Å². The molecule has 0 aromatic heterocycles. The van der Waals surface area contributed by atoms with Gasteiger partial charge in [0.15, 0.2) is 0 Å². The Balaban J connectivity index is 1.65. The van der Waals surface area contributed by atoms with Crippen LogP contribution < -0.4 is 0 Å². The molecule has 0 aliphatic heterocycles. The first kappa shape index (κ1) is 26.1. The van der Waals surface area contributed by atoms with Gasteiger partial charge in [0.05, 0.1) is 0 Å². The minimum atomic E-state index is 0.315. The number of amides is 1. The molecule has 0 aliphatic rings. The number of ether oxygens (including phenoxy) is 1. The molecule has 3 heteroatoms. The molecular formula is C29H43NO2. The Bertz CT molecular complexity index is 658. The van der Waals surface area contributed by atoms with Gasteiger partial charge in [-0.2, -0.15) is 0 Å². The fraction of sp³-hybridized carbons (Fsp3) is 0.552. The third-order valence-corrected chi connectivity index (χ3v) is 6.12. The molecule has 0 spiro atoms. The molecule has 176 valence electrons. The van der Waals surface area contributed by atoms with E-state index in [9.17, 15) is 4.79 Å². The number of carbonyl (C=O) groups excluding carboxylic acids is 1. The van der Waals surface area contributed by atoms with Gasteiger partial charge in [-0.25, -0.2) is 0 Å². The zero-order valence-electron chi connectivity index (χ0n) is 20.1. The first-order chi connectivity index (χ1) is 15.8. The van der Waals surface area contributed by atoms with Crippen molar-refractivity contribution >= 4 is 5.91 Å². The molecule has 0 saturated carbocycles. The van der Waals surface area contributed by atoms with Gasteiger partial charge in [-0.05, 0) is 36.8 Å². The minimum Gasteiger partial charge on any atom is -0.385 e. The normalized spacial score (nSPS) is 10.9. The summed E-state index contributed by atoms with van der Waals surface area (Å²) in [7, 11) is 1.77. The highest BCUT2D eigenvalue weighted by Crippen LogP contribution is 2.12. The van der Waals surface area contributed by atoms with Gasteiger partial charge >= 0.3 is 0 Å². The number of hydrogen-bond acceptors (Lipinski definition) is 2. The van der Waals surface area contributed by atoms with Gasteiger partial charge in [0.2, 0.25) is 5.91 Å². The summed E-state index contributed by atoms with van der Waals surface area (Å²) in [6.07, 6.45) is 13.7. The van der Waals surface area contributed by atoms with Crippen LogP contribution in [-0.2, 0) is 22.4 Å². The van der Waals surface area contributed by atoms with Gasteiger partial charge < -0.3 is 9.64 Å². The van der Waals surface area contributed by atoms with Gasteiger partial charge in [-0.15, -0.1) is 0 Å². The number of unbranched alkanes of at least 4 members (excludes halogenated alkanes) is 8. The van der Waals surface area contributed by atoms with Crippen molar-refractivity contribution in [3.63, 3.8) is 0 Å². The van der Waals surface area contributed by atoms with Gasteiger partial charge in [0.25, 0.3) is 0 Å². The van der Waals surface area contributed by atoms with Crippen molar-refractivity contribution in [2.45, 2.75) is 77.0 Å². The van der Waals surface area contributed by atoms with Crippen molar-refractivity contribution in [2.75, 3.05) is 26.8 Å². The Morgan fingerprint density at radius 2 is 1.09 bits per heavy atom. The van der Waals surface area contributed by atoms with E-state index in [1.54, 1.807) is 7.11 Å². The highest BCUT2D eigenvalue weighted by molar-refractivity contribution is 5.76. The lowest BCUT2D eigenvalue weighted by molar-refractivity contribution is -0.131. The van der Waals surface area contributed by atoms with Crippen LogP contribution in [0.25, 0.3) is 0 Å². The number of benzene rings is 2. The minimum absolute atomic E-state index is 0.315. The van der Waals surface area contributed by atoms with E-state index in [4.69, 9.17) is 4.74 Å². The molecule has 1 amide bonds. The van der Waals surface area contributed by atoms with Crippen LogP contribution >= 0.6 is 0 Å². The third kappa shape index (κ3) is 12.0. The maximum atomic E-state index is 13.0. The lowest BCUT2D eigenvalue weighted by atomic mass is 10.1. The first-order valence-electron chi connectivity index (χ1n) is 12.6. The fourth-order valence-electron chi connectivity index (χ4n) is 4.10. The molecule has 0 bridgehead atoms. The summed E-state index contributed by atoms with van der Waals surface area (Å²) in [4.78, 5) is 15.0. The van der Waals surface area contributed by atoms with E-state index in [1.165, 1.54) is 62.5 Å². The monoisotopic (exact) mass is 437 g/mol. The molecule has 2 aromatic rings. The Hall–Kier alpha value is -2.13. The van der Waals surface area contributed by atoms with Gasteiger partial charge in [-0.1, -0.05) is 106 Å². The van der Waals surface area contributed by atoms with Crippen LogP contribution in [0.3, 0.4) is 0 Å². The van der Waals surface area contributed by atoms with Crippen LogP contribution in [0, 0.1) is 0 Å². The van der Waals surface area contributed by atoms with E-state index in [-0.39, 0.29) is 0 Å². The van der Waals surface area contributed by atoms with Crippen LogP contribution in [0.1, 0.15) is 75.3 Å². The SMILES string of the molecule is COCCCCCCCCCCCC(=O)N(CCc1ccccc1)CCc1ccccc1. The Labute approximate surface area is 196 Å². The largest absolute Gasteiger partial charge is 0.385 e. The molecule has 0 heterocycles.